The molecule has 2 aliphatic rings. The van der Waals surface area contributed by atoms with Crippen molar-refractivity contribution in [3.63, 3.8) is 0 Å². The maximum absolute atomic E-state index is 13.5. The second-order valence-corrected chi connectivity index (χ2v) is 9.43. The molecule has 0 fully saturated rings. The molecule has 0 radical (unpaired) electrons. The molecular weight excluding hydrogens is 448 g/mol. The SMILES string of the molecule is CC1Cc2ccccc2N1C(=O)COC(=O)c1c2c(nc3ccccc13)C(=Cc1ccccc1)CC2. The van der Waals surface area contributed by atoms with E-state index in [0.29, 0.717) is 12.0 Å². The molecule has 4 aromatic rings. The van der Waals surface area contributed by atoms with Gasteiger partial charge in [0.15, 0.2) is 6.61 Å². The third-order valence-electron chi connectivity index (χ3n) is 7.09. The summed E-state index contributed by atoms with van der Waals surface area (Å²) in [5, 5.41) is 0.759. The van der Waals surface area contributed by atoms with E-state index in [0.717, 1.165) is 57.4 Å². The normalized spacial score (nSPS) is 17.3. The minimum Gasteiger partial charge on any atom is -0.452 e. The summed E-state index contributed by atoms with van der Waals surface area (Å²) in [4.78, 5) is 33.3. The summed E-state index contributed by atoms with van der Waals surface area (Å²) < 4.78 is 5.68. The van der Waals surface area contributed by atoms with Gasteiger partial charge in [-0.05, 0) is 66.7 Å². The van der Waals surface area contributed by atoms with Gasteiger partial charge >= 0.3 is 5.97 Å². The van der Waals surface area contributed by atoms with E-state index < -0.39 is 5.97 Å². The van der Waals surface area contributed by atoms with Crippen molar-refractivity contribution < 1.29 is 14.3 Å². The minimum absolute atomic E-state index is 0.0327. The lowest BCUT2D eigenvalue weighted by Crippen LogP contribution is -2.38. The van der Waals surface area contributed by atoms with E-state index in [2.05, 4.69) is 18.2 Å². The Hall–Kier alpha value is -4.25. The standard InChI is InChI=1S/C31H26N2O3/c1-20-17-22-11-5-8-14-27(22)33(20)28(34)19-36-31(35)29-24-12-6-7-13-26(24)32-30-23(15-16-25(29)30)18-21-9-3-2-4-10-21/h2-14,18,20H,15-17,19H2,1H3. The minimum atomic E-state index is -0.473. The molecule has 1 atom stereocenters. The van der Waals surface area contributed by atoms with E-state index in [4.69, 9.17) is 9.72 Å². The lowest BCUT2D eigenvalue weighted by Gasteiger charge is -2.22. The number of allylic oxidation sites excluding steroid dienone is 1. The van der Waals surface area contributed by atoms with Crippen molar-refractivity contribution in [3.05, 3.63) is 107 Å². The summed E-state index contributed by atoms with van der Waals surface area (Å²) in [6, 6.07) is 25.7. The van der Waals surface area contributed by atoms with Gasteiger partial charge in [0.2, 0.25) is 0 Å². The second kappa shape index (κ2) is 9.08. The number of pyridine rings is 1. The molecule has 1 aliphatic carbocycles. The molecule has 3 aromatic carbocycles. The van der Waals surface area contributed by atoms with Crippen LogP contribution in [0.15, 0.2) is 78.9 Å². The molecule has 6 rings (SSSR count). The number of hydrogen-bond donors (Lipinski definition) is 0. The summed E-state index contributed by atoms with van der Waals surface area (Å²) in [5.41, 5.74) is 7.26. The van der Waals surface area contributed by atoms with Crippen molar-refractivity contribution in [1.82, 2.24) is 4.98 Å². The van der Waals surface area contributed by atoms with Crippen molar-refractivity contribution in [3.8, 4) is 0 Å². The number of carbonyl (C=O) groups is 2. The maximum atomic E-state index is 13.5. The average Bonchev–Trinajstić information content (AvgIpc) is 3.45. The zero-order valence-corrected chi connectivity index (χ0v) is 20.1. The molecule has 5 heteroatoms. The van der Waals surface area contributed by atoms with Crippen LogP contribution in [0, 0.1) is 0 Å². The van der Waals surface area contributed by atoms with E-state index in [1.54, 1.807) is 4.90 Å². The number of amides is 1. The van der Waals surface area contributed by atoms with Gasteiger partial charge in [0.1, 0.15) is 0 Å². The van der Waals surface area contributed by atoms with Crippen LogP contribution in [0.25, 0.3) is 22.6 Å². The van der Waals surface area contributed by atoms with E-state index in [1.807, 2.05) is 73.7 Å². The molecule has 1 amide bonds. The van der Waals surface area contributed by atoms with E-state index in [-0.39, 0.29) is 18.6 Å². The lowest BCUT2D eigenvalue weighted by molar-refractivity contribution is -0.122. The third kappa shape index (κ3) is 3.87. The van der Waals surface area contributed by atoms with Crippen LogP contribution in [0.5, 0.6) is 0 Å². The summed E-state index contributed by atoms with van der Waals surface area (Å²) in [6.07, 6.45) is 4.45. The molecule has 0 bridgehead atoms. The number of carbonyl (C=O) groups excluding carboxylic acids is 2. The van der Waals surface area contributed by atoms with Crippen molar-refractivity contribution in [2.75, 3.05) is 11.5 Å². The first-order chi connectivity index (χ1) is 17.6. The van der Waals surface area contributed by atoms with Gasteiger partial charge in [-0.15, -0.1) is 0 Å². The summed E-state index contributed by atoms with van der Waals surface area (Å²) >= 11 is 0. The lowest BCUT2D eigenvalue weighted by atomic mass is 10.0. The Labute approximate surface area is 210 Å². The highest BCUT2D eigenvalue weighted by Gasteiger charge is 2.32. The molecule has 1 aliphatic heterocycles. The van der Waals surface area contributed by atoms with Crippen molar-refractivity contribution in [2.24, 2.45) is 0 Å². The highest BCUT2D eigenvalue weighted by Crippen LogP contribution is 2.38. The van der Waals surface area contributed by atoms with Gasteiger partial charge < -0.3 is 9.64 Å². The number of rotatable bonds is 4. The van der Waals surface area contributed by atoms with Gasteiger partial charge in [-0.3, -0.25) is 4.79 Å². The molecule has 0 spiro atoms. The molecule has 1 unspecified atom stereocenters. The number of fused-ring (bicyclic) bond motifs is 3. The third-order valence-corrected chi connectivity index (χ3v) is 7.09. The Morgan fingerprint density at radius 3 is 2.58 bits per heavy atom. The average molecular weight is 475 g/mol. The van der Waals surface area contributed by atoms with Crippen LogP contribution >= 0.6 is 0 Å². The molecule has 0 N–H and O–H groups in total. The van der Waals surface area contributed by atoms with Crippen LogP contribution in [0.2, 0.25) is 0 Å². The van der Waals surface area contributed by atoms with Gasteiger partial charge in [0.25, 0.3) is 5.91 Å². The van der Waals surface area contributed by atoms with Crippen LogP contribution in [0.1, 0.15) is 46.1 Å². The molecule has 178 valence electrons. The first-order valence-electron chi connectivity index (χ1n) is 12.3. The molecule has 36 heavy (non-hydrogen) atoms. The zero-order chi connectivity index (χ0) is 24.6. The predicted molar refractivity (Wildman–Crippen MR) is 142 cm³/mol. The van der Waals surface area contributed by atoms with Gasteiger partial charge in [0, 0.05) is 17.1 Å². The monoisotopic (exact) mass is 474 g/mol. The Kier molecular flexibility index (Phi) is 5.61. The van der Waals surface area contributed by atoms with Crippen molar-refractivity contribution in [2.45, 2.75) is 32.2 Å². The molecule has 0 saturated carbocycles. The number of para-hydroxylation sites is 2. The first kappa shape index (κ1) is 22.2. The highest BCUT2D eigenvalue weighted by molar-refractivity contribution is 6.08. The fourth-order valence-electron chi connectivity index (χ4n) is 5.48. The van der Waals surface area contributed by atoms with Gasteiger partial charge in [-0.2, -0.15) is 0 Å². The van der Waals surface area contributed by atoms with Crippen molar-refractivity contribution in [1.29, 1.82) is 0 Å². The van der Waals surface area contributed by atoms with E-state index in [9.17, 15) is 9.59 Å². The first-order valence-corrected chi connectivity index (χ1v) is 12.3. The number of esters is 1. The Balaban J connectivity index is 1.31. The summed E-state index contributed by atoms with van der Waals surface area (Å²) in [5.74, 6) is -0.681. The number of nitrogens with zero attached hydrogens (tertiary/aromatic N) is 2. The summed E-state index contributed by atoms with van der Waals surface area (Å²) in [6.45, 7) is 1.72. The fourth-order valence-corrected chi connectivity index (χ4v) is 5.48. The quantitative estimate of drug-likeness (QED) is 0.348. The van der Waals surface area contributed by atoms with Crippen molar-refractivity contribution >= 4 is 40.1 Å². The number of aromatic nitrogens is 1. The van der Waals surface area contributed by atoms with Gasteiger partial charge in [-0.1, -0.05) is 66.7 Å². The molecule has 1 aromatic heterocycles. The van der Waals surface area contributed by atoms with Crippen LogP contribution < -0.4 is 4.90 Å². The van der Waals surface area contributed by atoms with Gasteiger partial charge in [0.05, 0.1) is 16.8 Å². The number of benzene rings is 3. The zero-order valence-electron chi connectivity index (χ0n) is 20.1. The van der Waals surface area contributed by atoms with E-state index >= 15 is 0 Å². The maximum Gasteiger partial charge on any atom is 0.339 e. The van der Waals surface area contributed by atoms with Crippen LogP contribution in [-0.2, 0) is 22.4 Å². The molecule has 5 nitrogen and oxygen atoms in total. The second-order valence-electron chi connectivity index (χ2n) is 9.43. The van der Waals surface area contributed by atoms with Gasteiger partial charge in [-0.25, -0.2) is 9.78 Å². The van der Waals surface area contributed by atoms with E-state index in [1.165, 1.54) is 0 Å². The Bertz CT molecular complexity index is 1520. The number of ether oxygens (including phenoxy) is 1. The smallest absolute Gasteiger partial charge is 0.339 e. The summed E-state index contributed by atoms with van der Waals surface area (Å²) in [7, 11) is 0. The molecular formula is C31H26N2O3. The Morgan fingerprint density at radius 2 is 1.72 bits per heavy atom. The topological polar surface area (TPSA) is 59.5 Å². The van der Waals surface area contributed by atoms with Crippen LogP contribution in [0.4, 0.5) is 5.69 Å². The largest absolute Gasteiger partial charge is 0.452 e. The Morgan fingerprint density at radius 1 is 0.972 bits per heavy atom. The number of anilines is 1. The fraction of sp³-hybridized carbons (Fsp3) is 0.194. The number of hydrogen-bond acceptors (Lipinski definition) is 4. The highest BCUT2D eigenvalue weighted by atomic mass is 16.5. The predicted octanol–water partition coefficient (Wildman–Crippen LogP) is 5.86. The van der Waals surface area contributed by atoms with Crippen LogP contribution in [-0.4, -0.2) is 29.5 Å². The molecule has 2 heterocycles. The molecule has 0 saturated heterocycles. The van der Waals surface area contributed by atoms with Crippen LogP contribution in [0.3, 0.4) is 0 Å².